The number of aliphatic carboxylic acids is 1. The van der Waals surface area contributed by atoms with Gasteiger partial charge in [-0.1, -0.05) is 18.2 Å². The minimum Gasteiger partial charge on any atom is -0.548 e. The minimum atomic E-state index is -1.38. The molecule has 2 aliphatic rings. The number of nitrogens with one attached hydrogen (secondary N) is 2. The van der Waals surface area contributed by atoms with Gasteiger partial charge in [0.25, 0.3) is 0 Å². The van der Waals surface area contributed by atoms with Crippen LogP contribution in [0.4, 0.5) is 0 Å². The average Bonchev–Trinajstić information content (AvgIpc) is 3.40. The largest absolute Gasteiger partial charge is 0.548 e. The Bertz CT molecular complexity index is 1010. The van der Waals surface area contributed by atoms with Gasteiger partial charge in [0.1, 0.15) is 0 Å². The maximum atomic E-state index is 12.6. The molecule has 1 aliphatic heterocycles. The molecular weight excluding hydrogens is 380 g/mol. The van der Waals surface area contributed by atoms with Crippen LogP contribution in [-0.4, -0.2) is 51.1 Å². The minimum absolute atomic E-state index is 0.000317. The Morgan fingerprint density at radius 2 is 2.11 bits per heavy atom. The normalized spacial score (nSPS) is 21.4. The van der Waals surface area contributed by atoms with E-state index in [0.717, 1.165) is 35.5 Å². The van der Waals surface area contributed by atoms with Gasteiger partial charge in [0.15, 0.2) is 11.0 Å². The zero-order valence-corrected chi connectivity index (χ0v) is 15.6. The molecule has 1 aliphatic carbocycles. The van der Waals surface area contributed by atoms with Crippen molar-refractivity contribution in [2.24, 2.45) is 10.9 Å². The summed E-state index contributed by atoms with van der Waals surface area (Å²) in [6.45, 7) is 0. The zero-order valence-electron chi connectivity index (χ0n) is 14.8. The Kier molecular flexibility index (Phi) is 4.68. The van der Waals surface area contributed by atoms with Gasteiger partial charge in [0.05, 0.1) is 12.0 Å². The number of benzene rings is 1. The molecule has 0 radical (unpaired) electrons. The highest BCUT2D eigenvalue weighted by Crippen LogP contribution is 2.29. The number of aromatic amines is 1. The Morgan fingerprint density at radius 1 is 1.36 bits per heavy atom. The Labute approximate surface area is 165 Å². The third kappa shape index (κ3) is 3.40. The first kappa shape index (κ1) is 18.3. The molecule has 1 aromatic carbocycles. The SMILES string of the molecule is O=C1NC(=S)N(C2CC2)C(=O)C1C=N[C@@H](Cc1c[nH]c2ccccc12)C(=O)[O-]. The number of fused-ring (bicyclic) bond motifs is 1. The van der Waals surface area contributed by atoms with E-state index in [4.69, 9.17) is 12.2 Å². The van der Waals surface area contributed by atoms with Crippen LogP contribution in [0.5, 0.6) is 0 Å². The number of aromatic nitrogens is 1. The fraction of sp³-hybridized carbons (Fsp3) is 0.316. The third-order valence-electron chi connectivity index (χ3n) is 4.92. The Balaban J connectivity index is 1.54. The van der Waals surface area contributed by atoms with Crippen molar-refractivity contribution in [3.8, 4) is 0 Å². The fourth-order valence-corrected chi connectivity index (χ4v) is 3.65. The van der Waals surface area contributed by atoms with E-state index in [1.54, 1.807) is 6.20 Å². The number of amides is 2. The van der Waals surface area contributed by atoms with Crippen LogP contribution in [0.3, 0.4) is 0 Å². The molecule has 4 rings (SSSR count). The number of carbonyl (C=O) groups is 3. The van der Waals surface area contributed by atoms with Gasteiger partial charge in [-0.05, 0) is 36.7 Å². The van der Waals surface area contributed by atoms with Crippen molar-refractivity contribution in [3.63, 3.8) is 0 Å². The maximum absolute atomic E-state index is 12.6. The number of rotatable bonds is 6. The molecule has 2 heterocycles. The van der Waals surface area contributed by atoms with Crippen LogP contribution in [0.25, 0.3) is 10.9 Å². The smallest absolute Gasteiger partial charge is 0.247 e. The number of carboxylic acids is 1. The second-order valence-electron chi connectivity index (χ2n) is 6.91. The molecule has 2 atom stereocenters. The number of nitrogens with zero attached hydrogens (tertiary/aromatic N) is 2. The van der Waals surface area contributed by atoms with Crippen LogP contribution >= 0.6 is 12.2 Å². The summed E-state index contributed by atoms with van der Waals surface area (Å²) in [6, 6.07) is 6.28. The summed E-state index contributed by atoms with van der Waals surface area (Å²) in [6.07, 6.45) is 4.56. The number of thiocarbonyl (C=S) groups is 1. The van der Waals surface area contributed by atoms with E-state index in [-0.39, 0.29) is 17.6 Å². The molecule has 9 heteroatoms. The van der Waals surface area contributed by atoms with Gasteiger partial charge in [-0.25, -0.2) is 0 Å². The van der Waals surface area contributed by atoms with Crippen molar-refractivity contribution in [3.05, 3.63) is 36.0 Å². The maximum Gasteiger partial charge on any atom is 0.247 e. The molecule has 0 bridgehead atoms. The van der Waals surface area contributed by atoms with Crippen molar-refractivity contribution in [1.82, 2.24) is 15.2 Å². The van der Waals surface area contributed by atoms with Crippen LogP contribution in [0.15, 0.2) is 35.5 Å². The van der Waals surface area contributed by atoms with Crippen molar-refractivity contribution < 1.29 is 19.5 Å². The second kappa shape index (κ2) is 7.16. The monoisotopic (exact) mass is 397 g/mol. The highest BCUT2D eigenvalue weighted by atomic mass is 32.1. The number of H-pyrrole nitrogens is 1. The van der Waals surface area contributed by atoms with E-state index in [1.165, 1.54) is 4.90 Å². The van der Waals surface area contributed by atoms with Crippen molar-refractivity contribution in [1.29, 1.82) is 0 Å². The average molecular weight is 397 g/mol. The predicted octanol–water partition coefficient (Wildman–Crippen LogP) is -0.0784. The first-order valence-corrected chi connectivity index (χ1v) is 9.33. The Hall–Kier alpha value is -3.07. The van der Waals surface area contributed by atoms with Gasteiger partial charge in [-0.3, -0.25) is 19.5 Å². The quantitative estimate of drug-likeness (QED) is 0.402. The van der Waals surface area contributed by atoms with Crippen molar-refractivity contribution >= 4 is 52.2 Å². The molecule has 2 aromatic rings. The van der Waals surface area contributed by atoms with Gasteiger partial charge < -0.3 is 20.2 Å². The number of carbonyl (C=O) groups excluding carboxylic acids is 3. The number of carboxylic acid groups (broad SMARTS) is 1. The topological polar surface area (TPSA) is 118 Å². The van der Waals surface area contributed by atoms with E-state index < -0.39 is 29.7 Å². The van der Waals surface area contributed by atoms with E-state index >= 15 is 0 Å². The van der Waals surface area contributed by atoms with Crippen LogP contribution in [-0.2, 0) is 20.8 Å². The first-order chi connectivity index (χ1) is 13.5. The summed E-state index contributed by atoms with van der Waals surface area (Å²) in [4.78, 5) is 44.9. The molecule has 1 unspecified atom stereocenters. The summed E-state index contributed by atoms with van der Waals surface area (Å²) >= 11 is 5.07. The second-order valence-corrected chi connectivity index (χ2v) is 7.29. The van der Waals surface area contributed by atoms with Gasteiger partial charge >= 0.3 is 0 Å². The van der Waals surface area contributed by atoms with Gasteiger partial charge in [-0.2, -0.15) is 0 Å². The summed E-state index contributed by atoms with van der Waals surface area (Å²) in [5.41, 5.74) is 1.65. The highest BCUT2D eigenvalue weighted by molar-refractivity contribution is 7.80. The summed E-state index contributed by atoms with van der Waals surface area (Å²) in [5, 5.41) is 15.1. The van der Waals surface area contributed by atoms with E-state index in [1.807, 2.05) is 24.3 Å². The van der Waals surface area contributed by atoms with Crippen LogP contribution in [0, 0.1) is 5.92 Å². The standard InChI is InChI=1S/C19H18N4O4S/c24-16-13(17(25)23(11-5-6-11)19(28)22-16)9-21-15(18(26)27)7-10-8-20-14-4-2-1-3-12(10)14/h1-4,8-9,11,13,15,20H,5-7H2,(H,26,27)(H,22,24,28)/p-1/t13?,15-/m0/s1. The first-order valence-electron chi connectivity index (χ1n) is 8.92. The molecule has 2 fully saturated rings. The lowest BCUT2D eigenvalue weighted by atomic mass is 10.0. The molecular formula is C19H17N4O4S-. The molecule has 2 amide bonds. The van der Waals surface area contributed by atoms with Crippen LogP contribution in [0.2, 0.25) is 0 Å². The van der Waals surface area contributed by atoms with Gasteiger partial charge in [-0.15, -0.1) is 0 Å². The van der Waals surface area contributed by atoms with E-state index in [0.29, 0.717) is 0 Å². The summed E-state index contributed by atoms with van der Waals surface area (Å²) in [5.74, 6) is -3.64. The molecule has 1 saturated carbocycles. The molecule has 144 valence electrons. The third-order valence-corrected chi connectivity index (χ3v) is 5.22. The van der Waals surface area contributed by atoms with Crippen LogP contribution in [0.1, 0.15) is 18.4 Å². The van der Waals surface area contributed by atoms with E-state index in [2.05, 4.69) is 15.3 Å². The molecule has 0 spiro atoms. The lowest BCUT2D eigenvalue weighted by molar-refractivity contribution is -0.307. The Morgan fingerprint density at radius 3 is 2.82 bits per heavy atom. The van der Waals surface area contributed by atoms with Gasteiger partial charge in [0, 0.05) is 35.8 Å². The molecule has 1 aromatic heterocycles. The van der Waals surface area contributed by atoms with Crippen molar-refractivity contribution in [2.45, 2.75) is 31.3 Å². The number of aliphatic imine (C=N–C) groups is 1. The lowest BCUT2D eigenvalue weighted by Gasteiger charge is -2.31. The predicted molar refractivity (Wildman–Crippen MR) is 103 cm³/mol. The molecule has 8 nitrogen and oxygen atoms in total. The highest BCUT2D eigenvalue weighted by Gasteiger charge is 2.44. The number of hydrogen-bond acceptors (Lipinski definition) is 6. The lowest BCUT2D eigenvalue weighted by Crippen LogP contribution is -2.59. The molecule has 1 saturated heterocycles. The fourth-order valence-electron chi connectivity index (χ4n) is 3.31. The number of para-hydroxylation sites is 1. The van der Waals surface area contributed by atoms with Crippen LogP contribution < -0.4 is 10.4 Å². The van der Waals surface area contributed by atoms with Gasteiger partial charge in [0.2, 0.25) is 11.8 Å². The molecule has 2 N–H and O–H groups in total. The number of hydrogen-bond donors (Lipinski definition) is 2. The summed E-state index contributed by atoms with van der Waals surface area (Å²) in [7, 11) is 0. The summed E-state index contributed by atoms with van der Waals surface area (Å²) < 4.78 is 0. The van der Waals surface area contributed by atoms with Crippen molar-refractivity contribution in [2.75, 3.05) is 0 Å². The zero-order chi connectivity index (χ0) is 19.8. The molecule has 28 heavy (non-hydrogen) atoms. The van der Waals surface area contributed by atoms with E-state index in [9.17, 15) is 19.5 Å².